The van der Waals surface area contributed by atoms with E-state index in [1.807, 2.05) is 13.8 Å². The number of rotatable bonds is 6. The van der Waals surface area contributed by atoms with Crippen molar-refractivity contribution in [1.82, 2.24) is 0 Å². The zero-order valence-corrected chi connectivity index (χ0v) is 12.8. The van der Waals surface area contributed by atoms with Crippen LogP contribution in [0.15, 0.2) is 12.1 Å². The highest BCUT2D eigenvalue weighted by molar-refractivity contribution is 5.39. The Bertz CT molecular complexity index is 403. The fourth-order valence-electron chi connectivity index (χ4n) is 2.11. The first-order valence-corrected chi connectivity index (χ1v) is 6.84. The quantitative estimate of drug-likeness (QED) is 0.747. The first kappa shape index (κ1) is 16.0. The van der Waals surface area contributed by atoms with Crippen molar-refractivity contribution in [2.45, 2.75) is 53.2 Å². The van der Waals surface area contributed by atoms with E-state index in [2.05, 4.69) is 13.8 Å². The van der Waals surface area contributed by atoms with Crippen LogP contribution >= 0.6 is 0 Å². The molecule has 2 nitrogen and oxygen atoms in total. The molecule has 0 fully saturated rings. The van der Waals surface area contributed by atoms with Gasteiger partial charge in [-0.1, -0.05) is 13.8 Å². The third-order valence-electron chi connectivity index (χ3n) is 2.98. The van der Waals surface area contributed by atoms with E-state index in [-0.39, 0.29) is 18.0 Å². The average molecular weight is 268 g/mol. The van der Waals surface area contributed by atoms with Crippen LogP contribution in [0.3, 0.4) is 0 Å². The predicted molar refractivity (Wildman–Crippen MR) is 76.1 cm³/mol. The van der Waals surface area contributed by atoms with Crippen LogP contribution in [-0.4, -0.2) is 13.2 Å². The van der Waals surface area contributed by atoms with Gasteiger partial charge in [-0.2, -0.15) is 0 Å². The van der Waals surface area contributed by atoms with E-state index in [0.29, 0.717) is 17.2 Å². The summed E-state index contributed by atoms with van der Waals surface area (Å²) in [7, 11) is 1.61. The molecule has 0 spiro atoms. The van der Waals surface area contributed by atoms with Crippen LogP contribution in [0.25, 0.3) is 0 Å². The Balaban J connectivity index is 3.16. The molecule has 0 unspecified atom stereocenters. The molecule has 0 radical (unpaired) electrons. The van der Waals surface area contributed by atoms with Crippen LogP contribution in [0, 0.1) is 18.7 Å². The third-order valence-corrected chi connectivity index (χ3v) is 2.98. The summed E-state index contributed by atoms with van der Waals surface area (Å²) in [6.45, 7) is 9.98. The van der Waals surface area contributed by atoms with Crippen LogP contribution in [0.2, 0.25) is 0 Å². The highest BCUT2D eigenvalue weighted by Crippen LogP contribution is 2.34. The molecule has 0 saturated heterocycles. The lowest BCUT2D eigenvalue weighted by Crippen LogP contribution is -2.14. The molecule has 108 valence electrons. The molecule has 0 aliphatic rings. The van der Waals surface area contributed by atoms with Crippen LogP contribution in [0.4, 0.5) is 4.39 Å². The SMILES string of the molecule is COc1cc(C)c(F)cc1[C@H](CC(C)C)OC(C)C. The Labute approximate surface area is 115 Å². The van der Waals surface area contributed by atoms with E-state index < -0.39 is 0 Å². The number of ether oxygens (including phenoxy) is 2. The number of benzene rings is 1. The molecule has 1 aromatic rings. The van der Waals surface area contributed by atoms with E-state index in [1.54, 1.807) is 26.2 Å². The van der Waals surface area contributed by atoms with Gasteiger partial charge in [0, 0.05) is 5.56 Å². The standard InChI is InChI=1S/C16H25FO2/c1-10(2)7-16(19-11(3)4)13-9-14(17)12(5)8-15(13)18-6/h8-11,16H,7H2,1-6H3/t16-/m0/s1. The number of halogens is 1. The zero-order valence-electron chi connectivity index (χ0n) is 12.8. The lowest BCUT2D eigenvalue weighted by atomic mass is 9.97. The van der Waals surface area contributed by atoms with Gasteiger partial charge in [-0.25, -0.2) is 4.39 Å². The summed E-state index contributed by atoms with van der Waals surface area (Å²) in [6, 6.07) is 3.28. The molecule has 3 heteroatoms. The smallest absolute Gasteiger partial charge is 0.126 e. The topological polar surface area (TPSA) is 18.5 Å². The number of methoxy groups -OCH3 is 1. The second kappa shape index (κ2) is 6.90. The fourth-order valence-corrected chi connectivity index (χ4v) is 2.11. The lowest BCUT2D eigenvalue weighted by Gasteiger charge is -2.24. The van der Waals surface area contributed by atoms with E-state index in [0.717, 1.165) is 12.0 Å². The van der Waals surface area contributed by atoms with Crippen molar-refractivity contribution in [2.75, 3.05) is 7.11 Å². The largest absolute Gasteiger partial charge is 0.496 e. The van der Waals surface area contributed by atoms with Gasteiger partial charge in [0.05, 0.1) is 19.3 Å². The molecule has 0 aromatic heterocycles. The maximum atomic E-state index is 13.8. The highest BCUT2D eigenvalue weighted by atomic mass is 19.1. The third kappa shape index (κ3) is 4.50. The molecule has 0 aliphatic heterocycles. The summed E-state index contributed by atoms with van der Waals surface area (Å²) in [5.41, 5.74) is 1.39. The van der Waals surface area contributed by atoms with Gasteiger partial charge in [0.1, 0.15) is 11.6 Å². The molecule has 1 atom stereocenters. The van der Waals surface area contributed by atoms with E-state index in [9.17, 15) is 4.39 Å². The molecule has 0 N–H and O–H groups in total. The van der Waals surface area contributed by atoms with Gasteiger partial charge in [0.25, 0.3) is 0 Å². The minimum atomic E-state index is -0.211. The second-order valence-electron chi connectivity index (χ2n) is 5.65. The van der Waals surface area contributed by atoms with Crippen molar-refractivity contribution in [3.05, 3.63) is 29.1 Å². The number of hydrogen-bond acceptors (Lipinski definition) is 2. The molecule has 1 aromatic carbocycles. The first-order chi connectivity index (χ1) is 8.85. The van der Waals surface area contributed by atoms with Gasteiger partial charge in [0.2, 0.25) is 0 Å². The lowest BCUT2D eigenvalue weighted by molar-refractivity contribution is -0.00619. The maximum Gasteiger partial charge on any atom is 0.126 e. The predicted octanol–water partition coefficient (Wildman–Crippen LogP) is 4.65. The van der Waals surface area contributed by atoms with Crippen molar-refractivity contribution in [3.8, 4) is 5.75 Å². The molecule has 0 bridgehead atoms. The summed E-state index contributed by atoms with van der Waals surface area (Å²) in [5, 5.41) is 0. The molecular weight excluding hydrogens is 243 g/mol. The monoisotopic (exact) mass is 268 g/mol. The van der Waals surface area contributed by atoms with Gasteiger partial charge < -0.3 is 9.47 Å². The minimum Gasteiger partial charge on any atom is -0.496 e. The van der Waals surface area contributed by atoms with Crippen molar-refractivity contribution < 1.29 is 13.9 Å². The van der Waals surface area contributed by atoms with Crippen LogP contribution < -0.4 is 4.74 Å². The molecular formula is C16H25FO2. The van der Waals surface area contributed by atoms with Gasteiger partial charge in [-0.15, -0.1) is 0 Å². The minimum absolute atomic E-state index is 0.0952. The molecule has 0 amide bonds. The Morgan fingerprint density at radius 2 is 1.79 bits per heavy atom. The fraction of sp³-hybridized carbons (Fsp3) is 0.625. The van der Waals surface area contributed by atoms with Crippen LogP contribution in [0.1, 0.15) is 51.3 Å². The Kier molecular flexibility index (Phi) is 5.80. The average Bonchev–Trinajstić information content (AvgIpc) is 2.30. The second-order valence-corrected chi connectivity index (χ2v) is 5.65. The van der Waals surface area contributed by atoms with Gasteiger partial charge >= 0.3 is 0 Å². The van der Waals surface area contributed by atoms with E-state index >= 15 is 0 Å². The Hall–Kier alpha value is -1.09. The highest BCUT2D eigenvalue weighted by Gasteiger charge is 2.21. The first-order valence-electron chi connectivity index (χ1n) is 6.84. The molecule has 0 saturated carbocycles. The van der Waals surface area contributed by atoms with Crippen LogP contribution in [0.5, 0.6) is 5.75 Å². The molecule has 0 heterocycles. The van der Waals surface area contributed by atoms with Gasteiger partial charge in [-0.05, 0) is 50.8 Å². The summed E-state index contributed by atoms with van der Waals surface area (Å²) >= 11 is 0. The van der Waals surface area contributed by atoms with Gasteiger partial charge in [0.15, 0.2) is 0 Å². The van der Waals surface area contributed by atoms with E-state index in [4.69, 9.17) is 9.47 Å². The number of aryl methyl sites for hydroxylation is 1. The molecule has 1 rings (SSSR count). The normalized spacial score (nSPS) is 13.1. The van der Waals surface area contributed by atoms with Crippen molar-refractivity contribution >= 4 is 0 Å². The summed E-state index contributed by atoms with van der Waals surface area (Å²) in [4.78, 5) is 0. The zero-order chi connectivity index (χ0) is 14.6. The summed E-state index contributed by atoms with van der Waals surface area (Å²) in [5.74, 6) is 0.958. The molecule has 0 aliphatic carbocycles. The van der Waals surface area contributed by atoms with Gasteiger partial charge in [-0.3, -0.25) is 0 Å². The summed E-state index contributed by atoms with van der Waals surface area (Å²) < 4.78 is 25.1. The molecule has 19 heavy (non-hydrogen) atoms. The summed E-state index contributed by atoms with van der Waals surface area (Å²) in [6.07, 6.45) is 0.805. The van der Waals surface area contributed by atoms with Crippen LogP contribution in [-0.2, 0) is 4.74 Å². The van der Waals surface area contributed by atoms with Crippen molar-refractivity contribution in [1.29, 1.82) is 0 Å². The van der Waals surface area contributed by atoms with Crippen molar-refractivity contribution in [3.63, 3.8) is 0 Å². The Morgan fingerprint density at radius 3 is 2.26 bits per heavy atom. The maximum absolute atomic E-state index is 13.8. The van der Waals surface area contributed by atoms with E-state index in [1.165, 1.54) is 0 Å². The Morgan fingerprint density at radius 1 is 1.16 bits per heavy atom. The van der Waals surface area contributed by atoms with Crippen molar-refractivity contribution in [2.24, 2.45) is 5.92 Å². The number of hydrogen-bond donors (Lipinski definition) is 0.